The normalized spacial score (nSPS) is 14.9. The van der Waals surface area contributed by atoms with E-state index in [4.69, 9.17) is 0 Å². The quantitative estimate of drug-likeness (QED) is 0.427. The molecule has 13 heteroatoms. The number of hydrogen-bond donors (Lipinski definition) is 1. The topological polar surface area (TPSA) is 80.1 Å². The lowest BCUT2D eigenvalue weighted by atomic mass is 10.0. The van der Waals surface area contributed by atoms with E-state index in [2.05, 4.69) is 15.5 Å². The molecular weight excluding hydrogens is 420 g/mol. The number of alkyl halides is 3. The molecule has 0 saturated heterocycles. The number of amides is 2. The van der Waals surface area contributed by atoms with Crippen LogP contribution >= 0.6 is 0 Å². The maximum absolute atomic E-state index is 13.9. The number of nitrogens with one attached hydrogen (secondary N) is 1. The van der Waals surface area contributed by atoms with Crippen LogP contribution in [0.25, 0.3) is 0 Å². The van der Waals surface area contributed by atoms with Gasteiger partial charge in [0.25, 0.3) is 0 Å². The average molecular weight is 435 g/mol. The first-order valence-electron chi connectivity index (χ1n) is 8.70. The molecule has 0 spiro atoms. The summed E-state index contributed by atoms with van der Waals surface area (Å²) in [4.78, 5) is 24.6. The summed E-state index contributed by atoms with van der Waals surface area (Å²) in [5.41, 5.74) is -0.241. The highest BCUT2D eigenvalue weighted by molar-refractivity contribution is 5.77. The molecular formula is C17H15F6N5O2. The van der Waals surface area contributed by atoms with Crippen molar-refractivity contribution in [3.05, 3.63) is 46.8 Å². The zero-order valence-electron chi connectivity index (χ0n) is 15.2. The van der Waals surface area contributed by atoms with Gasteiger partial charge in [-0.05, 0) is 18.1 Å². The second-order valence-corrected chi connectivity index (χ2v) is 6.65. The van der Waals surface area contributed by atoms with Crippen LogP contribution in [0.2, 0.25) is 0 Å². The number of halogens is 6. The average Bonchev–Trinajstić information content (AvgIpc) is 3.09. The molecule has 162 valence electrons. The number of hydrogen-bond acceptors (Lipinski definition) is 4. The standard InChI is InChI=1S/C17H15F6N5O2/c18-11-6-13(20)12(19)4-9(11)3-10(24-8-29)5-15(30)27-1-2-28-14(7-27)25-26-16(28)17(21,22)23/h4,6,8,10H,1-3,5,7H2,(H,24,29)/t10-/m1/s1. The van der Waals surface area contributed by atoms with Crippen molar-refractivity contribution in [2.24, 2.45) is 0 Å². The van der Waals surface area contributed by atoms with E-state index >= 15 is 0 Å². The molecule has 7 nitrogen and oxygen atoms in total. The molecule has 1 aromatic heterocycles. The fourth-order valence-corrected chi connectivity index (χ4v) is 3.19. The van der Waals surface area contributed by atoms with Gasteiger partial charge in [-0.3, -0.25) is 9.59 Å². The number of rotatable bonds is 6. The van der Waals surface area contributed by atoms with Gasteiger partial charge in [0.15, 0.2) is 17.5 Å². The highest BCUT2D eigenvalue weighted by Crippen LogP contribution is 2.29. The minimum absolute atomic E-state index is 0.0477. The van der Waals surface area contributed by atoms with Crippen molar-refractivity contribution in [3.63, 3.8) is 0 Å². The van der Waals surface area contributed by atoms with Gasteiger partial charge in [-0.15, -0.1) is 10.2 Å². The number of benzene rings is 1. The molecule has 0 radical (unpaired) electrons. The van der Waals surface area contributed by atoms with Crippen LogP contribution in [0.5, 0.6) is 0 Å². The molecule has 30 heavy (non-hydrogen) atoms. The van der Waals surface area contributed by atoms with Gasteiger partial charge in [-0.25, -0.2) is 13.2 Å². The molecule has 0 saturated carbocycles. The lowest BCUT2D eigenvalue weighted by molar-refractivity contribution is -0.148. The van der Waals surface area contributed by atoms with E-state index < -0.39 is 41.4 Å². The van der Waals surface area contributed by atoms with Crippen molar-refractivity contribution >= 4 is 12.3 Å². The summed E-state index contributed by atoms with van der Waals surface area (Å²) in [7, 11) is 0. The summed E-state index contributed by atoms with van der Waals surface area (Å²) >= 11 is 0. The van der Waals surface area contributed by atoms with Crippen molar-refractivity contribution in [3.8, 4) is 0 Å². The molecule has 0 bridgehead atoms. The third kappa shape index (κ3) is 4.54. The molecule has 1 aromatic carbocycles. The van der Waals surface area contributed by atoms with Crippen LogP contribution in [0.15, 0.2) is 12.1 Å². The van der Waals surface area contributed by atoms with E-state index in [0.717, 1.165) is 4.57 Å². The fourth-order valence-electron chi connectivity index (χ4n) is 3.19. The summed E-state index contributed by atoms with van der Waals surface area (Å²) < 4.78 is 79.8. The van der Waals surface area contributed by atoms with E-state index in [1.807, 2.05) is 0 Å². The first-order chi connectivity index (χ1) is 14.1. The van der Waals surface area contributed by atoms with Crippen LogP contribution in [0.3, 0.4) is 0 Å². The van der Waals surface area contributed by atoms with Crippen molar-refractivity contribution < 1.29 is 35.9 Å². The Morgan fingerprint density at radius 1 is 1.13 bits per heavy atom. The van der Waals surface area contributed by atoms with E-state index in [0.29, 0.717) is 12.1 Å². The van der Waals surface area contributed by atoms with E-state index in [1.54, 1.807) is 0 Å². The first-order valence-corrected chi connectivity index (χ1v) is 8.70. The van der Waals surface area contributed by atoms with Crippen LogP contribution in [0.4, 0.5) is 26.3 Å². The van der Waals surface area contributed by atoms with E-state index in [9.17, 15) is 35.9 Å². The monoisotopic (exact) mass is 435 g/mol. The number of carbonyl (C=O) groups is 2. The van der Waals surface area contributed by atoms with Crippen LogP contribution in [-0.2, 0) is 35.3 Å². The molecule has 1 aliphatic rings. The number of nitrogens with zero attached hydrogens (tertiary/aromatic N) is 4. The van der Waals surface area contributed by atoms with Crippen molar-refractivity contribution in [2.75, 3.05) is 6.54 Å². The Bertz CT molecular complexity index is 961. The van der Waals surface area contributed by atoms with Crippen LogP contribution in [0, 0.1) is 17.5 Å². The Kier molecular flexibility index (Phi) is 5.99. The summed E-state index contributed by atoms with van der Waals surface area (Å²) in [6.45, 7) is -0.456. The van der Waals surface area contributed by atoms with Crippen molar-refractivity contribution in [1.82, 2.24) is 25.0 Å². The smallest absolute Gasteiger partial charge is 0.355 e. The van der Waals surface area contributed by atoms with Gasteiger partial charge >= 0.3 is 6.18 Å². The fraction of sp³-hybridized carbons (Fsp3) is 0.412. The van der Waals surface area contributed by atoms with Crippen LogP contribution in [0.1, 0.15) is 23.6 Å². The maximum atomic E-state index is 13.9. The Balaban J connectivity index is 1.69. The largest absolute Gasteiger partial charge is 0.451 e. The highest BCUT2D eigenvalue weighted by atomic mass is 19.4. The van der Waals surface area contributed by atoms with E-state index in [1.165, 1.54) is 4.90 Å². The number of carbonyl (C=O) groups excluding carboxylic acids is 2. The minimum atomic E-state index is -4.68. The van der Waals surface area contributed by atoms with Gasteiger partial charge in [0.1, 0.15) is 5.82 Å². The van der Waals surface area contributed by atoms with Gasteiger partial charge in [0, 0.05) is 31.6 Å². The molecule has 3 rings (SSSR count). The zero-order valence-corrected chi connectivity index (χ0v) is 15.2. The zero-order chi connectivity index (χ0) is 22.1. The molecule has 2 heterocycles. The third-order valence-electron chi connectivity index (χ3n) is 4.64. The summed E-state index contributed by atoms with van der Waals surface area (Å²) in [5.74, 6) is -5.43. The lowest BCUT2D eigenvalue weighted by Crippen LogP contribution is -2.43. The predicted molar refractivity (Wildman–Crippen MR) is 88.1 cm³/mol. The molecule has 1 N–H and O–H groups in total. The Hall–Kier alpha value is -3.12. The van der Waals surface area contributed by atoms with Crippen LogP contribution < -0.4 is 5.32 Å². The first kappa shape index (κ1) is 21.6. The molecule has 1 aliphatic heterocycles. The van der Waals surface area contributed by atoms with Gasteiger partial charge in [-0.2, -0.15) is 13.2 Å². The van der Waals surface area contributed by atoms with Crippen molar-refractivity contribution in [1.29, 1.82) is 0 Å². The number of fused-ring (bicyclic) bond motifs is 1. The second kappa shape index (κ2) is 8.32. The second-order valence-electron chi connectivity index (χ2n) is 6.65. The molecule has 1 atom stereocenters. The molecule has 0 fully saturated rings. The van der Waals surface area contributed by atoms with E-state index in [-0.39, 0.29) is 50.3 Å². The Labute approximate surface area is 165 Å². The summed E-state index contributed by atoms with van der Waals surface area (Å²) in [5, 5.41) is 8.90. The van der Waals surface area contributed by atoms with Gasteiger partial charge in [-0.1, -0.05) is 0 Å². The van der Waals surface area contributed by atoms with Gasteiger partial charge in [0.05, 0.1) is 6.54 Å². The summed E-state index contributed by atoms with van der Waals surface area (Å²) in [6, 6.07) is 0.0523. The minimum Gasteiger partial charge on any atom is -0.355 e. The van der Waals surface area contributed by atoms with Gasteiger partial charge < -0.3 is 14.8 Å². The SMILES string of the molecule is O=CN[C@@H](CC(=O)N1CCn2c(nnc2C(F)(F)F)C1)Cc1cc(F)c(F)cc1F. The third-order valence-corrected chi connectivity index (χ3v) is 4.64. The molecule has 2 aromatic rings. The molecule has 0 unspecified atom stereocenters. The van der Waals surface area contributed by atoms with Crippen molar-refractivity contribution in [2.45, 2.75) is 38.1 Å². The molecule has 2 amide bonds. The predicted octanol–water partition coefficient (Wildman–Crippen LogP) is 1.80. The molecule has 0 aliphatic carbocycles. The summed E-state index contributed by atoms with van der Waals surface area (Å²) in [6.07, 6.45) is -5.03. The highest BCUT2D eigenvalue weighted by Gasteiger charge is 2.40. The van der Waals surface area contributed by atoms with Crippen LogP contribution in [-0.4, -0.2) is 44.6 Å². The van der Waals surface area contributed by atoms with Gasteiger partial charge in [0.2, 0.25) is 18.1 Å². The lowest BCUT2D eigenvalue weighted by Gasteiger charge is -2.29. The Morgan fingerprint density at radius 2 is 1.83 bits per heavy atom. The maximum Gasteiger partial charge on any atom is 0.451 e. The number of aromatic nitrogens is 3. The Morgan fingerprint density at radius 3 is 2.50 bits per heavy atom.